The highest BCUT2D eigenvalue weighted by Gasteiger charge is 2.57. The molecule has 2 aliphatic rings. The molecule has 1 saturated heterocycles. The number of aliphatic hydroxyl groups is 3. The maximum atomic E-state index is 12.2. The van der Waals surface area contributed by atoms with E-state index in [-0.39, 0.29) is 6.54 Å². The Balaban J connectivity index is 2.39. The van der Waals surface area contributed by atoms with E-state index in [1.807, 2.05) is 0 Å². The summed E-state index contributed by atoms with van der Waals surface area (Å²) < 4.78 is 4.84. The molecule has 2 heterocycles. The molecular weight excluding hydrogens is 268 g/mol. The minimum absolute atomic E-state index is 0.0577. The predicted octanol–water partition coefficient (Wildman–Crippen LogP) is -1.81. The number of nitrogens with one attached hydrogen (secondary N) is 1. The fourth-order valence-corrected chi connectivity index (χ4v) is 2.44. The number of imide groups is 1. The molecule has 5 atom stereocenters. The molecule has 0 aromatic heterocycles. The summed E-state index contributed by atoms with van der Waals surface area (Å²) in [6, 6.07) is -0.688. The zero-order chi connectivity index (χ0) is 14.9. The van der Waals surface area contributed by atoms with Crippen LogP contribution in [0.15, 0.2) is 24.9 Å². The van der Waals surface area contributed by atoms with Gasteiger partial charge in [0.15, 0.2) is 6.10 Å². The van der Waals surface area contributed by atoms with Crippen molar-refractivity contribution in [3.05, 3.63) is 24.9 Å². The van der Waals surface area contributed by atoms with Gasteiger partial charge < -0.3 is 20.1 Å². The first-order chi connectivity index (χ1) is 9.46. The van der Waals surface area contributed by atoms with Gasteiger partial charge in [0.25, 0.3) is 5.91 Å². The van der Waals surface area contributed by atoms with E-state index in [9.17, 15) is 19.8 Å². The lowest BCUT2D eigenvalue weighted by Gasteiger charge is -2.37. The number of hydrogen-bond acceptors (Lipinski definition) is 6. The van der Waals surface area contributed by atoms with Crippen molar-refractivity contribution in [1.82, 2.24) is 5.32 Å². The van der Waals surface area contributed by atoms with Crippen molar-refractivity contribution in [3.8, 4) is 0 Å². The number of rotatable bonds is 4. The van der Waals surface area contributed by atoms with E-state index < -0.39 is 47.6 Å². The van der Waals surface area contributed by atoms with Crippen molar-refractivity contribution in [3.63, 3.8) is 0 Å². The SMILES string of the molecule is C=CC[N+]1([C@@H]2O[C@H](CO)[C@@H](O)[C@H]2O)C=CC(=O)NC1=O. The van der Waals surface area contributed by atoms with Gasteiger partial charge in [0, 0.05) is 0 Å². The summed E-state index contributed by atoms with van der Waals surface area (Å²) in [5, 5.41) is 31.1. The Labute approximate surface area is 115 Å². The molecule has 0 aliphatic carbocycles. The van der Waals surface area contributed by atoms with Crippen LogP contribution in [-0.2, 0) is 9.53 Å². The minimum atomic E-state index is -1.38. The van der Waals surface area contributed by atoms with E-state index in [0.29, 0.717) is 0 Å². The van der Waals surface area contributed by atoms with Crippen LogP contribution in [0, 0.1) is 0 Å². The largest absolute Gasteiger partial charge is 0.430 e. The number of urea groups is 1. The van der Waals surface area contributed by atoms with Gasteiger partial charge in [0.2, 0.25) is 6.23 Å². The van der Waals surface area contributed by atoms with Gasteiger partial charge in [-0.05, 0) is 6.08 Å². The molecule has 8 nitrogen and oxygen atoms in total. The number of ether oxygens (including phenoxy) is 1. The lowest BCUT2D eigenvalue weighted by molar-refractivity contribution is -0.850. The molecule has 8 heteroatoms. The third-order valence-electron chi connectivity index (χ3n) is 3.50. The van der Waals surface area contributed by atoms with Crippen molar-refractivity contribution >= 4 is 11.9 Å². The Hall–Kier alpha value is -1.58. The zero-order valence-electron chi connectivity index (χ0n) is 10.7. The summed E-state index contributed by atoms with van der Waals surface area (Å²) in [6.07, 6.45) is -0.936. The Bertz CT molecular complexity index is 465. The highest BCUT2D eigenvalue weighted by Crippen LogP contribution is 2.31. The molecule has 2 aliphatic heterocycles. The average molecular weight is 285 g/mol. The van der Waals surface area contributed by atoms with Gasteiger partial charge in [0.05, 0.1) is 12.7 Å². The van der Waals surface area contributed by atoms with Crippen LogP contribution in [0.5, 0.6) is 0 Å². The number of aliphatic hydroxyl groups excluding tert-OH is 3. The molecule has 20 heavy (non-hydrogen) atoms. The Morgan fingerprint density at radius 1 is 1.40 bits per heavy atom. The molecule has 0 saturated carbocycles. The quantitative estimate of drug-likeness (QED) is 0.357. The number of carbonyl (C=O) groups is 2. The van der Waals surface area contributed by atoms with Crippen LogP contribution in [-0.4, -0.2) is 69.4 Å². The number of nitrogens with zero attached hydrogens (tertiary/aromatic N) is 1. The number of hydrogen-bond donors (Lipinski definition) is 4. The molecular formula is C12H17N2O6+. The maximum Gasteiger partial charge on any atom is 0.430 e. The Morgan fingerprint density at radius 2 is 2.10 bits per heavy atom. The van der Waals surface area contributed by atoms with Gasteiger partial charge >= 0.3 is 6.03 Å². The standard InChI is InChI=1S/C12H16N2O6/c1-2-4-14(5-3-8(16)13-12(14)19)11-10(18)9(17)7(6-15)20-11/h2-3,5,7,9-11,15,17-18H,1,4,6H2/p+1/t7-,9-,10-,11-,14?/m1/s1. The summed E-state index contributed by atoms with van der Waals surface area (Å²) in [6.45, 7) is 3.11. The van der Waals surface area contributed by atoms with E-state index in [1.54, 1.807) is 0 Å². The Kier molecular flexibility index (Phi) is 4.02. The average Bonchev–Trinajstić information content (AvgIpc) is 2.70. The van der Waals surface area contributed by atoms with Crippen LogP contribution >= 0.6 is 0 Å². The van der Waals surface area contributed by atoms with Gasteiger partial charge in [-0.25, -0.2) is 10.1 Å². The molecule has 4 N–H and O–H groups in total. The second kappa shape index (κ2) is 5.43. The van der Waals surface area contributed by atoms with Crippen molar-refractivity contribution in [2.75, 3.05) is 13.2 Å². The Morgan fingerprint density at radius 3 is 2.60 bits per heavy atom. The molecule has 0 aromatic rings. The van der Waals surface area contributed by atoms with Crippen molar-refractivity contribution in [1.29, 1.82) is 0 Å². The van der Waals surface area contributed by atoms with Crippen LogP contribution in [0.3, 0.4) is 0 Å². The summed E-state index contributed by atoms with van der Waals surface area (Å²) in [4.78, 5) is 23.4. The van der Waals surface area contributed by atoms with Crippen LogP contribution in [0.2, 0.25) is 0 Å². The van der Waals surface area contributed by atoms with E-state index in [2.05, 4.69) is 11.9 Å². The summed E-state index contributed by atoms with van der Waals surface area (Å²) >= 11 is 0. The van der Waals surface area contributed by atoms with Crippen LogP contribution in [0.25, 0.3) is 0 Å². The second-order valence-electron chi connectivity index (χ2n) is 4.74. The predicted molar refractivity (Wildman–Crippen MR) is 65.8 cm³/mol. The van der Waals surface area contributed by atoms with Gasteiger partial charge in [-0.2, -0.15) is 4.48 Å². The zero-order valence-corrected chi connectivity index (χ0v) is 10.7. The first kappa shape index (κ1) is 14.8. The number of amides is 3. The second-order valence-corrected chi connectivity index (χ2v) is 4.74. The maximum absolute atomic E-state index is 12.2. The third-order valence-corrected chi connectivity index (χ3v) is 3.50. The minimum Gasteiger partial charge on any atom is -0.394 e. The first-order valence-electron chi connectivity index (χ1n) is 6.12. The molecule has 3 amide bonds. The van der Waals surface area contributed by atoms with Gasteiger partial charge in [0.1, 0.15) is 25.0 Å². The monoisotopic (exact) mass is 285 g/mol. The summed E-state index contributed by atoms with van der Waals surface area (Å²) in [5.41, 5.74) is 0. The van der Waals surface area contributed by atoms with Gasteiger partial charge in [-0.1, -0.05) is 6.58 Å². The fraction of sp³-hybridized carbons (Fsp3) is 0.500. The smallest absolute Gasteiger partial charge is 0.394 e. The first-order valence-corrected chi connectivity index (χ1v) is 6.12. The van der Waals surface area contributed by atoms with Crippen LogP contribution in [0.1, 0.15) is 0 Å². The molecule has 0 radical (unpaired) electrons. The van der Waals surface area contributed by atoms with E-state index in [1.165, 1.54) is 12.3 Å². The lowest BCUT2D eigenvalue weighted by atomic mass is 10.1. The fourth-order valence-electron chi connectivity index (χ4n) is 2.44. The van der Waals surface area contributed by atoms with Crippen molar-refractivity contribution in [2.24, 2.45) is 0 Å². The number of quaternary nitrogens is 1. The molecule has 0 bridgehead atoms. The molecule has 1 fully saturated rings. The van der Waals surface area contributed by atoms with Gasteiger partial charge in [-0.3, -0.25) is 4.79 Å². The molecule has 110 valence electrons. The third kappa shape index (κ3) is 2.17. The topological polar surface area (TPSA) is 116 Å². The van der Waals surface area contributed by atoms with E-state index >= 15 is 0 Å². The van der Waals surface area contributed by atoms with Gasteiger partial charge in [-0.15, -0.1) is 0 Å². The van der Waals surface area contributed by atoms with E-state index in [0.717, 1.165) is 6.08 Å². The van der Waals surface area contributed by atoms with Crippen LogP contribution < -0.4 is 5.32 Å². The van der Waals surface area contributed by atoms with Crippen molar-refractivity contribution < 1.29 is 34.1 Å². The molecule has 0 aromatic carbocycles. The van der Waals surface area contributed by atoms with E-state index in [4.69, 9.17) is 9.84 Å². The highest BCUT2D eigenvalue weighted by molar-refractivity contribution is 6.00. The normalized spacial score (nSPS) is 40.8. The molecule has 1 unspecified atom stereocenters. The highest BCUT2D eigenvalue weighted by atomic mass is 16.6. The number of carbonyl (C=O) groups excluding carboxylic acids is 2. The summed E-state index contributed by atoms with van der Waals surface area (Å²) in [7, 11) is 0. The van der Waals surface area contributed by atoms with Crippen molar-refractivity contribution in [2.45, 2.75) is 24.5 Å². The molecule has 2 rings (SSSR count). The molecule has 0 spiro atoms. The summed E-state index contributed by atoms with van der Waals surface area (Å²) in [5.74, 6) is -0.570. The lowest BCUT2D eigenvalue weighted by Crippen LogP contribution is -2.65. The van der Waals surface area contributed by atoms with Crippen LogP contribution in [0.4, 0.5) is 4.79 Å².